The topological polar surface area (TPSA) is 64.0 Å². The summed E-state index contributed by atoms with van der Waals surface area (Å²) >= 11 is 0. The van der Waals surface area contributed by atoms with Gasteiger partial charge in [-0.2, -0.15) is 13.2 Å². The van der Waals surface area contributed by atoms with Crippen molar-refractivity contribution in [2.24, 2.45) is 0 Å². The molecule has 1 aliphatic heterocycles. The highest BCUT2D eigenvalue weighted by Gasteiger charge is 2.30. The van der Waals surface area contributed by atoms with Crippen molar-refractivity contribution in [3.8, 4) is 17.2 Å². The number of nitrogens with zero attached hydrogens (tertiary/aromatic N) is 3. The fourth-order valence-corrected chi connectivity index (χ4v) is 4.28. The number of benzene rings is 2. The predicted octanol–water partition coefficient (Wildman–Crippen LogP) is 4.58. The maximum atomic E-state index is 13.7. The quantitative estimate of drug-likeness (QED) is 0.445. The number of methoxy groups -OCH3 is 1. The average Bonchev–Trinajstić information content (AvgIpc) is 2.87. The van der Waals surface area contributed by atoms with Gasteiger partial charge in [-0.15, -0.1) is 0 Å². The molecule has 0 atom stereocenters. The Morgan fingerprint density at radius 2 is 1.76 bits per heavy atom. The Morgan fingerprint density at radius 3 is 2.38 bits per heavy atom. The molecule has 3 aromatic rings. The first-order valence-corrected chi connectivity index (χ1v) is 11.7. The van der Waals surface area contributed by atoms with Gasteiger partial charge in [0.15, 0.2) is 18.1 Å². The van der Waals surface area contributed by atoms with E-state index in [2.05, 4.69) is 0 Å². The minimum Gasteiger partial charge on any atom is -0.493 e. The fourth-order valence-electron chi connectivity index (χ4n) is 4.28. The second-order valence-corrected chi connectivity index (χ2v) is 9.05. The minimum atomic E-state index is -4.60. The van der Waals surface area contributed by atoms with E-state index in [-0.39, 0.29) is 53.8 Å². The lowest BCUT2D eigenvalue weighted by Gasteiger charge is -2.29. The number of halogens is 4. The van der Waals surface area contributed by atoms with Crippen molar-refractivity contribution in [2.45, 2.75) is 25.2 Å². The molecule has 1 amide bonds. The van der Waals surface area contributed by atoms with Crippen LogP contribution in [-0.2, 0) is 0 Å². The number of hydrogen-bond acceptors (Lipinski definition) is 5. The van der Waals surface area contributed by atoms with Gasteiger partial charge in [0.05, 0.1) is 23.7 Å². The lowest BCUT2D eigenvalue weighted by Crippen LogP contribution is -2.39. The van der Waals surface area contributed by atoms with Gasteiger partial charge in [-0.3, -0.25) is 14.2 Å². The van der Waals surface area contributed by atoms with Crippen molar-refractivity contribution in [2.75, 3.05) is 45.8 Å². The number of aromatic nitrogens is 1. The molecule has 198 valence electrons. The van der Waals surface area contributed by atoms with Crippen molar-refractivity contribution >= 4 is 22.4 Å². The first kappa shape index (κ1) is 26.3. The van der Waals surface area contributed by atoms with Crippen LogP contribution in [0.4, 0.5) is 23.2 Å². The number of amides is 1. The average molecular weight is 522 g/mol. The zero-order valence-corrected chi connectivity index (χ0v) is 20.6. The molecule has 0 spiro atoms. The van der Waals surface area contributed by atoms with Crippen LogP contribution in [0.15, 0.2) is 47.4 Å². The third-order valence-electron chi connectivity index (χ3n) is 6.26. The van der Waals surface area contributed by atoms with E-state index in [0.717, 1.165) is 5.69 Å². The molecule has 1 aromatic heterocycles. The predicted molar refractivity (Wildman–Crippen MR) is 132 cm³/mol. The fraction of sp³-hybridized carbons (Fsp3) is 0.385. The molecule has 2 aromatic carbocycles. The summed E-state index contributed by atoms with van der Waals surface area (Å²) in [6, 6.07) is 9.60. The summed E-state index contributed by atoms with van der Waals surface area (Å²) in [5, 5.41) is 0.188. The monoisotopic (exact) mass is 521 g/mol. The van der Waals surface area contributed by atoms with Crippen molar-refractivity contribution in [3.05, 3.63) is 58.5 Å². The first-order valence-electron chi connectivity index (χ1n) is 11.7. The highest BCUT2D eigenvalue weighted by atomic mass is 19.4. The van der Waals surface area contributed by atoms with Crippen LogP contribution in [0.2, 0.25) is 0 Å². The number of rotatable bonds is 6. The van der Waals surface area contributed by atoms with Crippen LogP contribution in [0, 0.1) is 0 Å². The molecule has 0 saturated carbocycles. The van der Waals surface area contributed by atoms with Gasteiger partial charge in [0.1, 0.15) is 6.17 Å². The summed E-state index contributed by atoms with van der Waals surface area (Å²) in [5.74, 6) is -0.790. The summed E-state index contributed by atoms with van der Waals surface area (Å²) in [4.78, 5) is 30.5. The number of alkyl halides is 4. The van der Waals surface area contributed by atoms with Crippen LogP contribution in [0.1, 0.15) is 23.2 Å². The molecule has 0 aliphatic carbocycles. The molecule has 0 bridgehead atoms. The Kier molecular flexibility index (Phi) is 7.33. The van der Waals surface area contributed by atoms with Crippen LogP contribution in [0.3, 0.4) is 0 Å². The first-order chi connectivity index (χ1) is 17.5. The number of pyridine rings is 1. The minimum absolute atomic E-state index is 0.0673. The van der Waals surface area contributed by atoms with Crippen LogP contribution in [0.5, 0.6) is 11.5 Å². The summed E-state index contributed by atoms with van der Waals surface area (Å²) < 4.78 is 63.8. The number of anilines is 1. The summed E-state index contributed by atoms with van der Waals surface area (Å²) in [7, 11) is 4.94. The summed E-state index contributed by atoms with van der Waals surface area (Å²) in [6.07, 6.45) is -3.86. The standard InChI is InChI=1S/C26H27F4N3O4/c1-31(2)17-5-4-6-18(11-17)33-14-21(24(34)32-9-7-16(27)8-10-32)19-12-23(37-15-26(28,29)30)22(36-3)13-20(19)25(33)35/h4-6,11-14,16H,7-10,15H2,1-3H3. The highest BCUT2D eigenvalue weighted by molar-refractivity contribution is 6.07. The van der Waals surface area contributed by atoms with Crippen LogP contribution in [0.25, 0.3) is 16.5 Å². The van der Waals surface area contributed by atoms with E-state index >= 15 is 0 Å². The maximum Gasteiger partial charge on any atom is 0.422 e. The molecule has 0 unspecified atom stereocenters. The molecular formula is C26H27F4N3O4. The van der Waals surface area contributed by atoms with E-state index in [1.165, 1.54) is 34.9 Å². The normalized spacial score (nSPS) is 14.6. The van der Waals surface area contributed by atoms with E-state index in [1.54, 1.807) is 18.2 Å². The third-order valence-corrected chi connectivity index (χ3v) is 6.26. The lowest BCUT2D eigenvalue weighted by molar-refractivity contribution is -0.153. The van der Waals surface area contributed by atoms with Gasteiger partial charge in [-0.05, 0) is 43.2 Å². The van der Waals surface area contributed by atoms with Gasteiger partial charge in [0.25, 0.3) is 11.5 Å². The van der Waals surface area contributed by atoms with Gasteiger partial charge in [-0.1, -0.05) is 6.07 Å². The van der Waals surface area contributed by atoms with E-state index in [0.29, 0.717) is 5.69 Å². The summed E-state index contributed by atoms with van der Waals surface area (Å²) in [6.45, 7) is -1.20. The smallest absolute Gasteiger partial charge is 0.422 e. The SMILES string of the molecule is COc1cc2c(=O)n(-c3cccc(N(C)C)c3)cc(C(=O)N3CCC(F)CC3)c2cc1OCC(F)(F)F. The molecule has 1 saturated heterocycles. The van der Waals surface area contributed by atoms with Crippen LogP contribution in [-0.4, -0.2) is 68.6 Å². The van der Waals surface area contributed by atoms with Gasteiger partial charge in [0, 0.05) is 44.5 Å². The van der Waals surface area contributed by atoms with Crippen LogP contribution < -0.4 is 19.9 Å². The molecule has 7 nitrogen and oxygen atoms in total. The number of fused-ring (bicyclic) bond motifs is 1. The number of likely N-dealkylation sites (tertiary alicyclic amines) is 1. The lowest BCUT2D eigenvalue weighted by atomic mass is 10.0. The second-order valence-electron chi connectivity index (χ2n) is 9.05. The molecular weight excluding hydrogens is 494 g/mol. The molecule has 37 heavy (non-hydrogen) atoms. The zero-order chi connectivity index (χ0) is 26.9. The number of carbonyl (C=O) groups excluding carboxylic acids is 1. The zero-order valence-electron chi connectivity index (χ0n) is 20.6. The molecule has 4 rings (SSSR count). The second kappa shape index (κ2) is 10.3. The Balaban J connectivity index is 1.93. The molecule has 11 heteroatoms. The number of carbonyl (C=O) groups is 1. The van der Waals surface area contributed by atoms with Crippen LogP contribution >= 0.6 is 0 Å². The van der Waals surface area contributed by atoms with Gasteiger partial charge in [-0.25, -0.2) is 4.39 Å². The van der Waals surface area contributed by atoms with Crippen molar-refractivity contribution in [1.82, 2.24) is 9.47 Å². The Morgan fingerprint density at radius 1 is 1.08 bits per heavy atom. The maximum absolute atomic E-state index is 13.7. The van der Waals surface area contributed by atoms with Gasteiger partial charge >= 0.3 is 6.18 Å². The number of ether oxygens (including phenoxy) is 2. The van der Waals surface area contributed by atoms with E-state index < -0.39 is 30.4 Å². The van der Waals surface area contributed by atoms with Crippen molar-refractivity contribution < 1.29 is 31.8 Å². The third kappa shape index (κ3) is 5.65. The molecule has 1 aliphatic rings. The molecule has 1 fully saturated rings. The molecule has 0 N–H and O–H groups in total. The Labute approximate surface area is 210 Å². The van der Waals surface area contributed by atoms with Gasteiger partial charge in [0.2, 0.25) is 0 Å². The van der Waals surface area contributed by atoms with Crippen molar-refractivity contribution in [3.63, 3.8) is 0 Å². The van der Waals surface area contributed by atoms with E-state index in [4.69, 9.17) is 9.47 Å². The number of piperidine rings is 1. The molecule has 2 heterocycles. The van der Waals surface area contributed by atoms with E-state index in [1.807, 2.05) is 25.1 Å². The number of hydrogen-bond donors (Lipinski definition) is 0. The van der Waals surface area contributed by atoms with E-state index in [9.17, 15) is 27.2 Å². The largest absolute Gasteiger partial charge is 0.493 e. The molecule has 0 radical (unpaired) electrons. The van der Waals surface area contributed by atoms with Crippen molar-refractivity contribution in [1.29, 1.82) is 0 Å². The highest BCUT2D eigenvalue weighted by Crippen LogP contribution is 2.35. The van der Waals surface area contributed by atoms with Gasteiger partial charge < -0.3 is 19.3 Å². The summed E-state index contributed by atoms with van der Waals surface area (Å²) in [5.41, 5.74) is 0.897. The Hall–Kier alpha value is -3.76. The Bertz CT molecular complexity index is 1360.